The first-order valence-corrected chi connectivity index (χ1v) is 13.4. The zero-order valence-electron chi connectivity index (χ0n) is 21.0. The summed E-state index contributed by atoms with van der Waals surface area (Å²) in [5, 5.41) is 18.7. The second-order valence-corrected chi connectivity index (χ2v) is 10.2. The molecule has 8 nitrogen and oxygen atoms in total. The van der Waals surface area contributed by atoms with E-state index in [4.69, 9.17) is 29.4 Å². The SMILES string of the molecule is Br.COc1ccc(C2=NN(c3nc(-c4cc(Br)ccc4OCC(=O)O)cs3)C(c3ccc(OC)cc3)C2)cc1. The lowest BCUT2D eigenvalue weighted by atomic mass is 9.98. The Labute approximate surface area is 248 Å². The first kappa shape index (κ1) is 28.6. The molecule has 1 unspecified atom stereocenters. The Morgan fingerprint density at radius 1 is 1.05 bits per heavy atom. The minimum atomic E-state index is -1.04. The van der Waals surface area contributed by atoms with Gasteiger partial charge in [-0.2, -0.15) is 5.10 Å². The van der Waals surface area contributed by atoms with Crippen LogP contribution in [0.5, 0.6) is 17.2 Å². The number of benzene rings is 3. The number of halogens is 2. The van der Waals surface area contributed by atoms with Crippen LogP contribution in [-0.2, 0) is 4.79 Å². The zero-order chi connectivity index (χ0) is 26.6. The van der Waals surface area contributed by atoms with Crippen molar-refractivity contribution in [3.63, 3.8) is 0 Å². The number of carboxylic acid groups (broad SMARTS) is 1. The molecule has 39 heavy (non-hydrogen) atoms. The Bertz CT molecular complexity index is 1480. The smallest absolute Gasteiger partial charge is 0.341 e. The van der Waals surface area contributed by atoms with Gasteiger partial charge in [-0.25, -0.2) is 14.8 Å². The van der Waals surface area contributed by atoms with Crippen molar-refractivity contribution in [1.29, 1.82) is 0 Å². The van der Waals surface area contributed by atoms with Crippen molar-refractivity contribution in [1.82, 2.24) is 4.98 Å². The van der Waals surface area contributed by atoms with Crippen LogP contribution in [0.1, 0.15) is 23.6 Å². The molecule has 1 atom stereocenters. The summed E-state index contributed by atoms with van der Waals surface area (Å²) in [4.78, 5) is 16.0. The monoisotopic (exact) mass is 673 g/mol. The molecule has 1 aliphatic heterocycles. The van der Waals surface area contributed by atoms with Gasteiger partial charge in [-0.3, -0.25) is 0 Å². The van der Waals surface area contributed by atoms with Crippen LogP contribution in [0.2, 0.25) is 0 Å². The van der Waals surface area contributed by atoms with Gasteiger partial charge in [-0.15, -0.1) is 28.3 Å². The minimum absolute atomic E-state index is 0. The molecule has 1 aromatic heterocycles. The van der Waals surface area contributed by atoms with Gasteiger partial charge in [0, 0.05) is 21.8 Å². The third-order valence-electron chi connectivity index (χ3n) is 6.09. The minimum Gasteiger partial charge on any atom is -0.497 e. The van der Waals surface area contributed by atoms with Crippen LogP contribution in [0.3, 0.4) is 0 Å². The van der Waals surface area contributed by atoms with Gasteiger partial charge in [0.1, 0.15) is 17.2 Å². The molecule has 5 rings (SSSR count). The quantitative estimate of drug-likeness (QED) is 0.205. The standard InChI is InChI=1S/C28H24BrN3O5S.BrH/c1-35-20-8-3-17(4-9-20)23-14-25(18-5-10-21(36-2)11-6-18)32(31-23)28-30-24(16-38-28)22-13-19(29)7-12-26(22)37-15-27(33)34;/h3-13,16,25H,14-15H2,1-2H3,(H,33,34);1H. The number of aromatic nitrogens is 1. The molecule has 1 aliphatic rings. The number of hydrogen-bond donors (Lipinski definition) is 1. The average molecular weight is 675 g/mol. The lowest BCUT2D eigenvalue weighted by molar-refractivity contribution is -0.139. The fourth-order valence-corrected chi connectivity index (χ4v) is 5.38. The van der Waals surface area contributed by atoms with E-state index in [9.17, 15) is 4.79 Å². The van der Waals surface area contributed by atoms with Crippen LogP contribution in [0.15, 0.2) is 81.7 Å². The number of nitrogens with zero attached hydrogens (tertiary/aromatic N) is 3. The van der Waals surface area contributed by atoms with Gasteiger partial charge in [0.2, 0.25) is 5.13 Å². The summed E-state index contributed by atoms with van der Waals surface area (Å²) >= 11 is 4.96. The lowest BCUT2D eigenvalue weighted by Crippen LogP contribution is -2.18. The molecule has 0 spiro atoms. The molecule has 4 aromatic rings. The molecule has 0 saturated carbocycles. The number of hydrazone groups is 1. The van der Waals surface area contributed by atoms with Crippen LogP contribution in [-0.4, -0.2) is 42.6 Å². The lowest BCUT2D eigenvalue weighted by Gasteiger charge is -2.21. The maximum atomic E-state index is 11.1. The molecule has 202 valence electrons. The van der Waals surface area contributed by atoms with Gasteiger partial charge in [0.25, 0.3) is 0 Å². The Balaban J connectivity index is 0.00000353. The molecule has 0 bridgehead atoms. The van der Waals surface area contributed by atoms with Gasteiger partial charge in [0.05, 0.1) is 31.7 Å². The Morgan fingerprint density at radius 2 is 1.72 bits per heavy atom. The first-order valence-electron chi connectivity index (χ1n) is 11.7. The largest absolute Gasteiger partial charge is 0.497 e. The van der Waals surface area contributed by atoms with E-state index in [-0.39, 0.29) is 23.0 Å². The summed E-state index contributed by atoms with van der Waals surface area (Å²) in [7, 11) is 3.29. The van der Waals surface area contributed by atoms with Crippen molar-refractivity contribution in [3.8, 4) is 28.5 Å². The molecule has 2 heterocycles. The summed E-state index contributed by atoms with van der Waals surface area (Å²) in [5.74, 6) is 0.978. The topological polar surface area (TPSA) is 93.5 Å². The highest BCUT2D eigenvalue weighted by molar-refractivity contribution is 9.10. The second kappa shape index (κ2) is 12.6. The molecule has 1 N–H and O–H groups in total. The van der Waals surface area contributed by atoms with Crippen LogP contribution in [0, 0.1) is 0 Å². The van der Waals surface area contributed by atoms with Gasteiger partial charge < -0.3 is 19.3 Å². The van der Waals surface area contributed by atoms with Gasteiger partial charge in [-0.1, -0.05) is 28.1 Å². The number of methoxy groups -OCH3 is 2. The number of ether oxygens (including phenoxy) is 3. The molecule has 0 fully saturated rings. The molecule has 0 saturated heterocycles. The van der Waals surface area contributed by atoms with Crippen molar-refractivity contribution >= 4 is 61.1 Å². The van der Waals surface area contributed by atoms with E-state index < -0.39 is 12.6 Å². The Morgan fingerprint density at radius 3 is 2.36 bits per heavy atom. The van der Waals surface area contributed by atoms with E-state index in [1.165, 1.54) is 11.3 Å². The molecule has 0 amide bonds. The summed E-state index contributed by atoms with van der Waals surface area (Å²) in [6.45, 7) is -0.438. The highest BCUT2D eigenvalue weighted by Gasteiger charge is 2.32. The predicted molar refractivity (Wildman–Crippen MR) is 161 cm³/mol. The summed E-state index contributed by atoms with van der Waals surface area (Å²) in [6.07, 6.45) is 0.692. The predicted octanol–water partition coefficient (Wildman–Crippen LogP) is 6.99. The van der Waals surface area contributed by atoms with Crippen molar-refractivity contribution in [2.45, 2.75) is 12.5 Å². The normalized spacial score (nSPS) is 14.4. The van der Waals surface area contributed by atoms with Gasteiger partial charge >= 0.3 is 5.97 Å². The summed E-state index contributed by atoms with van der Waals surface area (Å²) in [5.41, 5.74) is 4.41. The maximum absolute atomic E-state index is 11.1. The number of aliphatic carboxylic acids is 1. The van der Waals surface area contributed by atoms with Crippen LogP contribution in [0.25, 0.3) is 11.3 Å². The number of rotatable bonds is 9. The van der Waals surface area contributed by atoms with Crippen LogP contribution < -0.4 is 19.2 Å². The molecular weight excluding hydrogens is 650 g/mol. The summed E-state index contributed by atoms with van der Waals surface area (Å²) < 4.78 is 17.0. The van der Waals surface area contributed by atoms with E-state index >= 15 is 0 Å². The van der Waals surface area contributed by atoms with Gasteiger partial charge in [-0.05, 0) is 65.7 Å². The highest BCUT2D eigenvalue weighted by Crippen LogP contribution is 2.41. The molecule has 3 aromatic carbocycles. The van der Waals surface area contributed by atoms with Crippen LogP contribution >= 0.6 is 44.2 Å². The Hall–Kier alpha value is -3.41. The third kappa shape index (κ3) is 6.43. The molecule has 11 heteroatoms. The van der Waals surface area contributed by atoms with E-state index in [1.807, 2.05) is 65.0 Å². The van der Waals surface area contributed by atoms with Crippen molar-refractivity contribution < 1.29 is 24.1 Å². The number of hydrogen-bond acceptors (Lipinski definition) is 8. The van der Waals surface area contributed by atoms with Gasteiger partial charge in [0.15, 0.2) is 6.61 Å². The second-order valence-electron chi connectivity index (χ2n) is 8.45. The highest BCUT2D eigenvalue weighted by atomic mass is 79.9. The fourth-order valence-electron chi connectivity index (χ4n) is 4.19. The molecule has 0 aliphatic carbocycles. The maximum Gasteiger partial charge on any atom is 0.341 e. The van der Waals surface area contributed by atoms with E-state index in [2.05, 4.69) is 15.9 Å². The third-order valence-corrected chi connectivity index (χ3v) is 7.41. The Kier molecular flexibility index (Phi) is 9.26. The number of anilines is 1. The van der Waals surface area contributed by atoms with Crippen molar-refractivity contribution in [2.24, 2.45) is 5.10 Å². The first-order chi connectivity index (χ1) is 18.4. The molecular formula is C28H25Br2N3O5S. The van der Waals surface area contributed by atoms with Crippen molar-refractivity contribution in [2.75, 3.05) is 25.8 Å². The average Bonchev–Trinajstić information content (AvgIpc) is 3.60. The van der Waals surface area contributed by atoms with Crippen molar-refractivity contribution in [3.05, 3.63) is 87.7 Å². The number of carboxylic acids is 1. The van der Waals surface area contributed by atoms with E-state index in [0.717, 1.165) is 32.8 Å². The fraction of sp³-hybridized carbons (Fsp3) is 0.179. The van der Waals surface area contributed by atoms with E-state index in [0.29, 0.717) is 28.6 Å². The van der Waals surface area contributed by atoms with Crippen LogP contribution in [0.4, 0.5) is 5.13 Å². The van der Waals surface area contributed by atoms with E-state index in [1.54, 1.807) is 26.4 Å². The summed E-state index contributed by atoms with van der Waals surface area (Å²) in [6, 6.07) is 21.2. The number of carbonyl (C=O) groups is 1. The molecule has 0 radical (unpaired) electrons. The number of thiazole rings is 1. The zero-order valence-corrected chi connectivity index (χ0v) is 25.2.